The molecule has 2 amide bonds. The largest absolute Gasteiger partial charge is 0.323 e. The standard InChI is InChI=1S/C22H19N3O2/c26-21(24-18-10-6-12-23-14-18)20(13-16-7-2-1-3-8-16)25-15-17-9-4-5-11-19(17)22(25)27/h1-12,14,20H,13,15H2,(H,24,26). The second-order valence-corrected chi connectivity index (χ2v) is 6.53. The van der Waals surface area contributed by atoms with E-state index in [0.717, 1.165) is 11.1 Å². The van der Waals surface area contributed by atoms with E-state index in [0.29, 0.717) is 24.2 Å². The Bertz CT molecular complexity index is 958. The fourth-order valence-corrected chi connectivity index (χ4v) is 3.37. The predicted octanol–water partition coefficient (Wildman–Crippen LogP) is 3.29. The lowest BCUT2D eigenvalue weighted by Crippen LogP contribution is -2.45. The first-order valence-corrected chi connectivity index (χ1v) is 8.86. The molecule has 27 heavy (non-hydrogen) atoms. The number of fused-ring (bicyclic) bond motifs is 1. The zero-order chi connectivity index (χ0) is 18.6. The Morgan fingerprint density at radius 1 is 1.04 bits per heavy atom. The van der Waals surface area contributed by atoms with Crippen LogP contribution in [0.25, 0.3) is 0 Å². The number of rotatable bonds is 5. The second kappa shape index (κ2) is 7.41. The van der Waals surface area contributed by atoms with Gasteiger partial charge >= 0.3 is 0 Å². The van der Waals surface area contributed by atoms with Crippen LogP contribution in [-0.2, 0) is 17.8 Å². The molecule has 4 rings (SSSR count). The summed E-state index contributed by atoms with van der Waals surface area (Å²) in [4.78, 5) is 31.7. The monoisotopic (exact) mass is 357 g/mol. The number of aromatic nitrogens is 1. The van der Waals surface area contributed by atoms with E-state index in [1.807, 2.05) is 54.6 Å². The molecule has 1 N–H and O–H groups in total. The molecule has 1 aliphatic rings. The molecule has 134 valence electrons. The number of amides is 2. The lowest BCUT2D eigenvalue weighted by molar-refractivity contribution is -0.120. The van der Waals surface area contributed by atoms with Crippen molar-refractivity contribution < 1.29 is 9.59 Å². The van der Waals surface area contributed by atoms with Gasteiger partial charge in [-0.15, -0.1) is 0 Å². The first-order chi connectivity index (χ1) is 13.2. The molecule has 1 atom stereocenters. The number of nitrogens with one attached hydrogen (secondary N) is 1. The van der Waals surface area contributed by atoms with Gasteiger partial charge in [-0.2, -0.15) is 0 Å². The molecule has 3 aromatic rings. The molecule has 2 aromatic carbocycles. The first kappa shape index (κ1) is 17.0. The molecular weight excluding hydrogens is 338 g/mol. The Morgan fingerprint density at radius 3 is 2.56 bits per heavy atom. The number of benzene rings is 2. The average molecular weight is 357 g/mol. The first-order valence-electron chi connectivity index (χ1n) is 8.86. The molecule has 0 saturated carbocycles. The minimum Gasteiger partial charge on any atom is -0.323 e. The highest BCUT2D eigenvalue weighted by Gasteiger charge is 2.36. The van der Waals surface area contributed by atoms with Gasteiger partial charge in [0.1, 0.15) is 6.04 Å². The minimum absolute atomic E-state index is 0.104. The van der Waals surface area contributed by atoms with Crippen LogP contribution in [0.15, 0.2) is 79.1 Å². The summed E-state index contributed by atoms with van der Waals surface area (Å²) in [6, 6.07) is 20.2. The summed E-state index contributed by atoms with van der Waals surface area (Å²) < 4.78 is 0. The quantitative estimate of drug-likeness (QED) is 0.762. The van der Waals surface area contributed by atoms with Gasteiger partial charge in [0, 0.05) is 24.7 Å². The molecule has 0 bridgehead atoms. The summed E-state index contributed by atoms with van der Waals surface area (Å²) >= 11 is 0. The van der Waals surface area contributed by atoms with Gasteiger partial charge in [-0.1, -0.05) is 48.5 Å². The lowest BCUT2D eigenvalue weighted by atomic mass is 10.0. The van der Waals surface area contributed by atoms with Crippen LogP contribution in [0.3, 0.4) is 0 Å². The summed E-state index contributed by atoms with van der Waals surface area (Å²) in [6.07, 6.45) is 3.70. The van der Waals surface area contributed by atoms with Crippen molar-refractivity contribution in [2.75, 3.05) is 5.32 Å². The third-order valence-electron chi connectivity index (χ3n) is 4.73. The molecule has 0 aliphatic carbocycles. The van der Waals surface area contributed by atoms with Gasteiger partial charge in [0.15, 0.2) is 0 Å². The number of hydrogen-bond donors (Lipinski definition) is 1. The third kappa shape index (κ3) is 3.58. The molecule has 1 aliphatic heterocycles. The molecular formula is C22H19N3O2. The Labute approximate surface area is 157 Å². The average Bonchev–Trinajstić information content (AvgIpc) is 3.04. The third-order valence-corrected chi connectivity index (χ3v) is 4.73. The highest BCUT2D eigenvalue weighted by Crippen LogP contribution is 2.26. The van der Waals surface area contributed by atoms with Crippen molar-refractivity contribution in [2.45, 2.75) is 19.0 Å². The molecule has 2 heterocycles. The summed E-state index contributed by atoms with van der Waals surface area (Å²) in [5.41, 5.74) is 3.25. The summed E-state index contributed by atoms with van der Waals surface area (Å²) in [5.74, 6) is -0.319. The van der Waals surface area contributed by atoms with E-state index in [4.69, 9.17) is 0 Å². The van der Waals surface area contributed by atoms with Gasteiger partial charge in [0.05, 0.1) is 11.9 Å². The van der Waals surface area contributed by atoms with E-state index in [2.05, 4.69) is 10.3 Å². The highest BCUT2D eigenvalue weighted by molar-refractivity contribution is 6.03. The number of anilines is 1. The second-order valence-electron chi connectivity index (χ2n) is 6.53. The number of carbonyl (C=O) groups excluding carboxylic acids is 2. The van der Waals surface area contributed by atoms with Gasteiger partial charge in [0.2, 0.25) is 5.91 Å². The van der Waals surface area contributed by atoms with E-state index < -0.39 is 6.04 Å². The van der Waals surface area contributed by atoms with Crippen molar-refractivity contribution in [3.05, 3.63) is 95.8 Å². The summed E-state index contributed by atoms with van der Waals surface area (Å²) in [7, 11) is 0. The normalized spacial score (nSPS) is 13.9. The Hall–Kier alpha value is -3.47. The lowest BCUT2D eigenvalue weighted by Gasteiger charge is -2.27. The molecule has 0 fully saturated rings. The molecule has 5 nitrogen and oxygen atoms in total. The van der Waals surface area contributed by atoms with Crippen molar-refractivity contribution in [1.82, 2.24) is 9.88 Å². The molecule has 0 saturated heterocycles. The van der Waals surface area contributed by atoms with E-state index in [1.54, 1.807) is 29.4 Å². The Balaban J connectivity index is 1.62. The van der Waals surface area contributed by atoms with Crippen LogP contribution in [0.5, 0.6) is 0 Å². The molecule has 5 heteroatoms. The van der Waals surface area contributed by atoms with Crippen LogP contribution in [-0.4, -0.2) is 27.7 Å². The zero-order valence-electron chi connectivity index (χ0n) is 14.7. The maximum atomic E-state index is 13.1. The van der Waals surface area contributed by atoms with Gasteiger partial charge in [-0.3, -0.25) is 14.6 Å². The van der Waals surface area contributed by atoms with Gasteiger partial charge < -0.3 is 10.2 Å². The van der Waals surface area contributed by atoms with Crippen molar-refractivity contribution in [2.24, 2.45) is 0 Å². The Morgan fingerprint density at radius 2 is 1.81 bits per heavy atom. The number of pyridine rings is 1. The smallest absolute Gasteiger partial charge is 0.255 e. The van der Waals surface area contributed by atoms with E-state index in [1.165, 1.54) is 0 Å². The minimum atomic E-state index is -0.604. The van der Waals surface area contributed by atoms with Crippen molar-refractivity contribution >= 4 is 17.5 Å². The Kier molecular flexibility index (Phi) is 4.66. The van der Waals surface area contributed by atoms with E-state index in [-0.39, 0.29) is 11.8 Å². The van der Waals surface area contributed by atoms with Crippen LogP contribution in [0.1, 0.15) is 21.5 Å². The van der Waals surface area contributed by atoms with Gasteiger partial charge in [-0.25, -0.2) is 0 Å². The molecule has 0 spiro atoms. The van der Waals surface area contributed by atoms with Gasteiger partial charge in [-0.05, 0) is 29.3 Å². The van der Waals surface area contributed by atoms with Crippen molar-refractivity contribution in [1.29, 1.82) is 0 Å². The maximum absolute atomic E-state index is 13.1. The predicted molar refractivity (Wildman–Crippen MR) is 103 cm³/mol. The van der Waals surface area contributed by atoms with E-state index >= 15 is 0 Å². The zero-order valence-corrected chi connectivity index (χ0v) is 14.7. The molecule has 1 unspecified atom stereocenters. The fraction of sp³-hybridized carbons (Fsp3) is 0.136. The summed E-state index contributed by atoms with van der Waals surface area (Å²) in [6.45, 7) is 0.437. The van der Waals surface area contributed by atoms with Crippen LogP contribution in [0.2, 0.25) is 0 Å². The number of carbonyl (C=O) groups is 2. The number of nitrogens with zero attached hydrogens (tertiary/aromatic N) is 2. The number of hydrogen-bond acceptors (Lipinski definition) is 3. The van der Waals surface area contributed by atoms with Crippen LogP contribution in [0.4, 0.5) is 5.69 Å². The highest BCUT2D eigenvalue weighted by atomic mass is 16.2. The van der Waals surface area contributed by atoms with E-state index in [9.17, 15) is 9.59 Å². The van der Waals surface area contributed by atoms with Gasteiger partial charge in [0.25, 0.3) is 5.91 Å². The van der Waals surface area contributed by atoms with Crippen molar-refractivity contribution in [3.63, 3.8) is 0 Å². The topological polar surface area (TPSA) is 62.3 Å². The summed E-state index contributed by atoms with van der Waals surface area (Å²) in [5, 5.41) is 2.89. The SMILES string of the molecule is O=C(Nc1cccnc1)C(Cc1ccccc1)N1Cc2ccccc2C1=O. The molecule has 0 radical (unpaired) electrons. The van der Waals surface area contributed by atoms with Crippen LogP contribution < -0.4 is 5.32 Å². The van der Waals surface area contributed by atoms with Crippen LogP contribution in [0, 0.1) is 0 Å². The van der Waals surface area contributed by atoms with Crippen LogP contribution >= 0.6 is 0 Å². The molecule has 1 aromatic heterocycles. The maximum Gasteiger partial charge on any atom is 0.255 e. The fourth-order valence-electron chi connectivity index (χ4n) is 3.37. The van der Waals surface area contributed by atoms with Crippen molar-refractivity contribution in [3.8, 4) is 0 Å².